The van der Waals surface area contributed by atoms with E-state index in [1.54, 1.807) is 7.11 Å². The second-order valence-electron chi connectivity index (χ2n) is 5.45. The average Bonchev–Trinajstić information content (AvgIpc) is 2.90. The summed E-state index contributed by atoms with van der Waals surface area (Å²) in [5.74, 6) is 3.33. The molecule has 3 rings (SSSR count). The lowest BCUT2D eigenvalue weighted by Crippen LogP contribution is -1.97. The van der Waals surface area contributed by atoms with E-state index >= 15 is 0 Å². The van der Waals surface area contributed by atoms with E-state index in [4.69, 9.17) is 16.3 Å². The molecule has 0 saturated carbocycles. The number of fused-ring (bicyclic) bond motifs is 1. The zero-order chi connectivity index (χ0) is 15.0. The van der Waals surface area contributed by atoms with Crippen LogP contribution in [0.3, 0.4) is 0 Å². The van der Waals surface area contributed by atoms with Crippen molar-refractivity contribution in [1.82, 2.24) is 0 Å². The highest BCUT2D eigenvalue weighted by molar-refractivity contribution is 7.98. The average molecular weight is 339 g/mol. The Labute approximate surface area is 139 Å². The first-order valence-corrected chi connectivity index (χ1v) is 9.49. The predicted molar refractivity (Wildman–Crippen MR) is 94.3 cm³/mol. The third-order valence-electron chi connectivity index (χ3n) is 3.88. The molecule has 0 aliphatic carbocycles. The molecule has 1 aliphatic heterocycles. The molecule has 112 valence electrons. The van der Waals surface area contributed by atoms with Crippen molar-refractivity contribution < 1.29 is 4.74 Å². The molecule has 1 aromatic carbocycles. The molecule has 2 aromatic rings. The maximum atomic E-state index is 6.75. The number of benzene rings is 1. The van der Waals surface area contributed by atoms with Crippen LogP contribution in [0.25, 0.3) is 0 Å². The molecule has 1 nitrogen and oxygen atoms in total. The van der Waals surface area contributed by atoms with Crippen LogP contribution in [-0.2, 0) is 12.2 Å². The number of alkyl halides is 1. The zero-order valence-electron chi connectivity index (χ0n) is 12.5. The summed E-state index contributed by atoms with van der Waals surface area (Å²) in [6, 6.07) is 6.60. The monoisotopic (exact) mass is 338 g/mol. The lowest BCUT2D eigenvalue weighted by molar-refractivity contribution is 0.408. The summed E-state index contributed by atoms with van der Waals surface area (Å²) in [7, 11) is 1.72. The van der Waals surface area contributed by atoms with E-state index in [1.807, 2.05) is 23.1 Å². The molecule has 4 heteroatoms. The molecule has 0 spiro atoms. The highest BCUT2D eigenvalue weighted by atomic mass is 35.5. The van der Waals surface area contributed by atoms with Gasteiger partial charge in [-0.1, -0.05) is 12.1 Å². The summed E-state index contributed by atoms with van der Waals surface area (Å²) >= 11 is 10.7. The summed E-state index contributed by atoms with van der Waals surface area (Å²) in [5.41, 5.74) is 4.95. The summed E-state index contributed by atoms with van der Waals surface area (Å²) in [4.78, 5) is 2.80. The first kappa shape index (κ1) is 15.3. The second-order valence-corrected chi connectivity index (χ2v) is 8.16. The first-order valence-electron chi connectivity index (χ1n) is 7.08. The SMILES string of the molecule is COc1c(C)cc(C(Cl)c2cc3c(s2)CCSC3)cc1C. The van der Waals surface area contributed by atoms with Gasteiger partial charge in [-0.2, -0.15) is 11.8 Å². The highest BCUT2D eigenvalue weighted by Gasteiger charge is 2.20. The third kappa shape index (κ3) is 2.96. The fourth-order valence-corrected chi connectivity index (χ4v) is 5.62. The summed E-state index contributed by atoms with van der Waals surface area (Å²) in [5, 5.41) is -0.0612. The van der Waals surface area contributed by atoms with Crippen LogP contribution in [0, 0.1) is 13.8 Å². The van der Waals surface area contributed by atoms with Crippen LogP contribution < -0.4 is 4.74 Å². The van der Waals surface area contributed by atoms with E-state index in [9.17, 15) is 0 Å². The van der Waals surface area contributed by atoms with Gasteiger partial charge in [0, 0.05) is 15.5 Å². The van der Waals surface area contributed by atoms with Gasteiger partial charge in [0.1, 0.15) is 5.75 Å². The quantitative estimate of drug-likeness (QED) is 0.684. The fraction of sp³-hybridized carbons (Fsp3) is 0.412. The Hall–Kier alpha value is -0.640. The molecule has 0 bridgehead atoms. The molecular formula is C17H19ClOS2. The molecule has 0 N–H and O–H groups in total. The van der Waals surface area contributed by atoms with Crippen LogP contribution in [0.4, 0.5) is 0 Å². The van der Waals surface area contributed by atoms with Crippen LogP contribution >= 0.6 is 34.7 Å². The Bertz CT molecular complexity index is 616. The van der Waals surface area contributed by atoms with Crippen molar-refractivity contribution in [3.05, 3.63) is 50.2 Å². The third-order valence-corrected chi connectivity index (χ3v) is 6.80. The van der Waals surface area contributed by atoms with Gasteiger partial charge in [-0.25, -0.2) is 0 Å². The number of methoxy groups -OCH3 is 1. The number of hydrogen-bond donors (Lipinski definition) is 0. The van der Waals surface area contributed by atoms with Crippen molar-refractivity contribution in [2.24, 2.45) is 0 Å². The van der Waals surface area contributed by atoms with Gasteiger partial charge in [0.15, 0.2) is 0 Å². The topological polar surface area (TPSA) is 9.23 Å². The molecule has 0 amide bonds. The largest absolute Gasteiger partial charge is 0.496 e. The van der Waals surface area contributed by atoms with E-state index in [2.05, 4.69) is 32.0 Å². The minimum absolute atomic E-state index is 0.0612. The van der Waals surface area contributed by atoms with Gasteiger partial charge < -0.3 is 4.74 Å². The van der Waals surface area contributed by atoms with Crippen molar-refractivity contribution in [2.75, 3.05) is 12.9 Å². The van der Waals surface area contributed by atoms with Crippen molar-refractivity contribution in [3.8, 4) is 5.75 Å². The molecule has 1 unspecified atom stereocenters. The van der Waals surface area contributed by atoms with Crippen LogP contribution in [0.2, 0.25) is 0 Å². The van der Waals surface area contributed by atoms with E-state index in [0.29, 0.717) is 0 Å². The molecule has 1 atom stereocenters. The minimum atomic E-state index is -0.0612. The van der Waals surface area contributed by atoms with E-state index in [0.717, 1.165) is 22.6 Å². The summed E-state index contributed by atoms with van der Waals surface area (Å²) < 4.78 is 5.44. The van der Waals surface area contributed by atoms with Gasteiger partial charge in [-0.15, -0.1) is 22.9 Å². The van der Waals surface area contributed by atoms with Crippen molar-refractivity contribution in [2.45, 2.75) is 31.4 Å². The number of thioether (sulfide) groups is 1. The maximum absolute atomic E-state index is 6.75. The smallest absolute Gasteiger partial charge is 0.124 e. The van der Waals surface area contributed by atoms with E-state index < -0.39 is 0 Å². The summed E-state index contributed by atoms with van der Waals surface area (Å²) in [6.45, 7) is 4.16. The fourth-order valence-electron chi connectivity index (χ4n) is 2.91. The van der Waals surface area contributed by atoms with E-state index in [1.165, 1.54) is 33.1 Å². The lowest BCUT2D eigenvalue weighted by Gasteiger charge is -2.14. The van der Waals surface area contributed by atoms with Crippen LogP contribution in [0.5, 0.6) is 5.75 Å². The lowest BCUT2D eigenvalue weighted by atomic mass is 10.0. The van der Waals surface area contributed by atoms with Crippen LogP contribution in [0.1, 0.15) is 37.4 Å². The zero-order valence-corrected chi connectivity index (χ0v) is 14.9. The highest BCUT2D eigenvalue weighted by Crippen LogP contribution is 2.40. The Kier molecular flexibility index (Phi) is 4.53. The number of halogens is 1. The Balaban J connectivity index is 1.94. The Morgan fingerprint density at radius 2 is 1.90 bits per heavy atom. The molecular weight excluding hydrogens is 320 g/mol. The normalized spacial score (nSPS) is 15.6. The molecule has 0 radical (unpaired) electrons. The number of ether oxygens (including phenoxy) is 1. The Morgan fingerprint density at radius 3 is 2.52 bits per heavy atom. The standard InChI is InChI=1S/C17H19ClOS2/c1-10-6-12(7-11(2)17(10)19-3)16(18)15-8-13-9-20-5-4-14(13)21-15/h6-8,16H,4-5,9H2,1-3H3. The first-order chi connectivity index (χ1) is 10.1. The second kappa shape index (κ2) is 6.23. The van der Waals surface area contributed by atoms with Crippen molar-refractivity contribution >= 4 is 34.7 Å². The van der Waals surface area contributed by atoms with Crippen LogP contribution in [0.15, 0.2) is 18.2 Å². The van der Waals surface area contributed by atoms with E-state index in [-0.39, 0.29) is 5.38 Å². The van der Waals surface area contributed by atoms with Gasteiger partial charge in [0.05, 0.1) is 12.5 Å². The number of aryl methyl sites for hydroxylation is 3. The van der Waals surface area contributed by atoms with Gasteiger partial charge in [0.2, 0.25) is 0 Å². The molecule has 0 saturated heterocycles. The molecule has 2 heterocycles. The maximum Gasteiger partial charge on any atom is 0.124 e. The van der Waals surface area contributed by atoms with Gasteiger partial charge in [-0.3, -0.25) is 0 Å². The number of thiophene rings is 1. The van der Waals surface area contributed by atoms with Crippen molar-refractivity contribution in [1.29, 1.82) is 0 Å². The Morgan fingerprint density at radius 1 is 1.19 bits per heavy atom. The van der Waals surface area contributed by atoms with Gasteiger partial charge in [-0.05, 0) is 54.3 Å². The predicted octanol–water partition coefficient (Wildman–Crippen LogP) is 5.49. The minimum Gasteiger partial charge on any atom is -0.496 e. The molecule has 1 aromatic heterocycles. The van der Waals surface area contributed by atoms with Crippen LogP contribution in [-0.4, -0.2) is 12.9 Å². The molecule has 0 fully saturated rings. The van der Waals surface area contributed by atoms with Gasteiger partial charge >= 0.3 is 0 Å². The van der Waals surface area contributed by atoms with Gasteiger partial charge in [0.25, 0.3) is 0 Å². The number of rotatable bonds is 3. The summed E-state index contributed by atoms with van der Waals surface area (Å²) in [6.07, 6.45) is 1.19. The molecule has 1 aliphatic rings. The molecule has 21 heavy (non-hydrogen) atoms. The number of hydrogen-bond acceptors (Lipinski definition) is 3. The van der Waals surface area contributed by atoms with Crippen molar-refractivity contribution in [3.63, 3.8) is 0 Å².